The van der Waals surface area contributed by atoms with Crippen LogP contribution in [0.1, 0.15) is 38.6 Å². The van der Waals surface area contributed by atoms with Crippen LogP contribution >= 0.6 is 0 Å². The Morgan fingerprint density at radius 1 is 1.11 bits per heavy atom. The van der Waals surface area contributed by atoms with E-state index in [0.717, 1.165) is 64.6 Å². The second-order valence-electron chi connectivity index (χ2n) is 9.70. The van der Waals surface area contributed by atoms with Crippen molar-refractivity contribution in [3.63, 3.8) is 0 Å². The number of nitrogens with zero attached hydrogens (tertiary/aromatic N) is 7. The molecule has 0 bridgehead atoms. The Labute approximate surface area is 203 Å². The number of amides is 1. The molecule has 1 atom stereocenters. The molecule has 1 spiro atoms. The van der Waals surface area contributed by atoms with Crippen LogP contribution in [0, 0.1) is 6.92 Å². The molecular formula is C26H28N8O. The van der Waals surface area contributed by atoms with Crippen molar-refractivity contribution in [1.82, 2.24) is 34.4 Å². The summed E-state index contributed by atoms with van der Waals surface area (Å²) in [7, 11) is 0. The Hall–Kier alpha value is -3.72. The highest BCUT2D eigenvalue weighted by Gasteiger charge is 2.51. The first kappa shape index (κ1) is 21.8. The molecule has 0 saturated carbocycles. The van der Waals surface area contributed by atoms with E-state index in [0.29, 0.717) is 18.4 Å². The van der Waals surface area contributed by atoms with Gasteiger partial charge in [-0.15, -0.1) is 0 Å². The number of anilines is 1. The van der Waals surface area contributed by atoms with Crippen molar-refractivity contribution in [1.29, 1.82) is 0 Å². The molecule has 1 N–H and O–H groups in total. The SMILES string of the molecule is CCn1c(-c2cnc(C)nc2)nc2c(-c3ccc4c(c3)C3(CCN(C(C)C)C3)C(=O)N4)ncnc21. The molecule has 1 fully saturated rings. The minimum atomic E-state index is -0.519. The Morgan fingerprint density at radius 2 is 1.91 bits per heavy atom. The van der Waals surface area contributed by atoms with Gasteiger partial charge in [0, 0.05) is 42.8 Å². The summed E-state index contributed by atoms with van der Waals surface area (Å²) in [6, 6.07) is 6.53. The quantitative estimate of drug-likeness (QED) is 0.488. The van der Waals surface area contributed by atoms with E-state index in [1.165, 1.54) is 0 Å². The molecule has 35 heavy (non-hydrogen) atoms. The third-order valence-electron chi connectivity index (χ3n) is 7.41. The molecule has 0 radical (unpaired) electrons. The lowest BCUT2D eigenvalue weighted by atomic mass is 9.80. The van der Waals surface area contributed by atoms with Crippen molar-refractivity contribution in [2.75, 3.05) is 18.4 Å². The molecule has 0 aliphatic carbocycles. The summed E-state index contributed by atoms with van der Waals surface area (Å²) >= 11 is 0. The van der Waals surface area contributed by atoms with Crippen LogP contribution in [0.25, 0.3) is 33.8 Å². The van der Waals surface area contributed by atoms with Gasteiger partial charge in [0.2, 0.25) is 5.91 Å². The van der Waals surface area contributed by atoms with Crippen molar-refractivity contribution >= 4 is 22.8 Å². The zero-order valence-corrected chi connectivity index (χ0v) is 20.4. The van der Waals surface area contributed by atoms with Crippen LogP contribution in [0.5, 0.6) is 0 Å². The third-order valence-corrected chi connectivity index (χ3v) is 7.41. The van der Waals surface area contributed by atoms with Gasteiger partial charge in [-0.1, -0.05) is 6.07 Å². The van der Waals surface area contributed by atoms with Gasteiger partial charge >= 0.3 is 0 Å². The first-order chi connectivity index (χ1) is 16.9. The Bertz CT molecular complexity index is 1460. The molecule has 5 heterocycles. The van der Waals surface area contributed by atoms with E-state index in [9.17, 15) is 4.79 Å². The van der Waals surface area contributed by atoms with Crippen molar-refractivity contribution in [3.05, 3.63) is 48.3 Å². The second kappa shape index (κ2) is 7.91. The smallest absolute Gasteiger partial charge is 0.236 e. The largest absolute Gasteiger partial charge is 0.325 e. The number of carbonyl (C=O) groups excluding carboxylic acids is 1. The third kappa shape index (κ3) is 3.25. The number of imidazole rings is 1. The number of carbonyl (C=O) groups is 1. The van der Waals surface area contributed by atoms with Gasteiger partial charge < -0.3 is 9.88 Å². The maximum atomic E-state index is 13.2. The number of hydrogen-bond donors (Lipinski definition) is 1. The Balaban J connectivity index is 1.49. The Kier molecular flexibility index (Phi) is 4.93. The first-order valence-electron chi connectivity index (χ1n) is 12.1. The van der Waals surface area contributed by atoms with E-state index in [1.807, 2.05) is 19.1 Å². The minimum Gasteiger partial charge on any atom is -0.325 e. The number of benzene rings is 1. The van der Waals surface area contributed by atoms with Crippen LogP contribution in [-0.2, 0) is 16.8 Å². The highest BCUT2D eigenvalue weighted by molar-refractivity contribution is 6.07. The van der Waals surface area contributed by atoms with E-state index in [4.69, 9.17) is 4.98 Å². The maximum Gasteiger partial charge on any atom is 0.236 e. The fraction of sp³-hybridized carbons (Fsp3) is 0.385. The van der Waals surface area contributed by atoms with Gasteiger partial charge in [0.15, 0.2) is 5.65 Å². The molecule has 4 aromatic rings. The molecule has 2 aliphatic heterocycles. The van der Waals surface area contributed by atoms with Crippen LogP contribution in [0.15, 0.2) is 36.9 Å². The average Bonchev–Trinajstić information content (AvgIpc) is 3.54. The van der Waals surface area contributed by atoms with E-state index in [1.54, 1.807) is 18.7 Å². The lowest BCUT2D eigenvalue weighted by molar-refractivity contribution is -0.120. The normalized spacial score (nSPS) is 19.7. The molecule has 6 rings (SSSR count). The van der Waals surface area contributed by atoms with Crippen molar-refractivity contribution in [3.8, 4) is 22.6 Å². The summed E-state index contributed by atoms with van der Waals surface area (Å²) < 4.78 is 2.06. The van der Waals surface area contributed by atoms with Crippen LogP contribution in [0.2, 0.25) is 0 Å². The van der Waals surface area contributed by atoms with Gasteiger partial charge in [0.05, 0.1) is 11.0 Å². The van der Waals surface area contributed by atoms with Gasteiger partial charge in [-0.25, -0.2) is 24.9 Å². The van der Waals surface area contributed by atoms with Crippen molar-refractivity contribution < 1.29 is 4.79 Å². The molecule has 1 amide bonds. The van der Waals surface area contributed by atoms with E-state index in [2.05, 4.69) is 61.6 Å². The predicted molar refractivity (Wildman–Crippen MR) is 134 cm³/mol. The maximum absolute atomic E-state index is 13.2. The van der Waals surface area contributed by atoms with Crippen molar-refractivity contribution in [2.45, 2.75) is 52.1 Å². The number of nitrogens with one attached hydrogen (secondary N) is 1. The Morgan fingerprint density at radius 3 is 2.63 bits per heavy atom. The van der Waals surface area contributed by atoms with Gasteiger partial charge in [-0.2, -0.15) is 0 Å². The zero-order chi connectivity index (χ0) is 24.3. The monoisotopic (exact) mass is 468 g/mol. The number of likely N-dealkylation sites (tertiary alicyclic amines) is 1. The van der Waals surface area contributed by atoms with Gasteiger partial charge in [-0.05, 0) is 58.4 Å². The fourth-order valence-electron chi connectivity index (χ4n) is 5.42. The highest BCUT2D eigenvalue weighted by Crippen LogP contribution is 2.46. The summed E-state index contributed by atoms with van der Waals surface area (Å²) in [4.78, 5) is 38.4. The number of fused-ring (bicyclic) bond motifs is 3. The topological polar surface area (TPSA) is 102 Å². The van der Waals surface area contributed by atoms with E-state index in [-0.39, 0.29) is 5.91 Å². The molecular weight excluding hydrogens is 440 g/mol. The van der Waals surface area contributed by atoms with Gasteiger partial charge in [0.25, 0.3) is 0 Å². The molecule has 1 aromatic carbocycles. The van der Waals surface area contributed by atoms with E-state index >= 15 is 0 Å². The number of hydrogen-bond acceptors (Lipinski definition) is 7. The van der Waals surface area contributed by atoms with E-state index < -0.39 is 5.41 Å². The first-order valence-corrected chi connectivity index (χ1v) is 12.1. The molecule has 9 heteroatoms. The minimum absolute atomic E-state index is 0.0950. The fourth-order valence-corrected chi connectivity index (χ4v) is 5.42. The number of rotatable bonds is 4. The van der Waals surface area contributed by atoms with Gasteiger partial charge in [-0.3, -0.25) is 9.69 Å². The second-order valence-corrected chi connectivity index (χ2v) is 9.70. The molecule has 9 nitrogen and oxygen atoms in total. The molecule has 178 valence electrons. The van der Waals surface area contributed by atoms with Gasteiger partial charge in [0.1, 0.15) is 29.2 Å². The molecule has 1 unspecified atom stereocenters. The molecule has 1 saturated heterocycles. The summed E-state index contributed by atoms with van der Waals surface area (Å²) in [6.07, 6.45) is 5.98. The van der Waals surface area contributed by atoms with Crippen LogP contribution < -0.4 is 5.32 Å². The zero-order valence-electron chi connectivity index (χ0n) is 20.4. The van der Waals surface area contributed by atoms with Crippen LogP contribution in [-0.4, -0.2) is 59.4 Å². The lowest BCUT2D eigenvalue weighted by Gasteiger charge is -2.25. The average molecular weight is 469 g/mol. The summed E-state index contributed by atoms with van der Waals surface area (Å²) in [5, 5.41) is 3.12. The summed E-state index contributed by atoms with van der Waals surface area (Å²) in [6.45, 7) is 10.6. The van der Waals surface area contributed by atoms with Crippen molar-refractivity contribution in [2.24, 2.45) is 0 Å². The standard InChI is InChI=1S/C26H28N8O/c1-5-34-23(18-11-27-16(4)28-12-18)32-22-21(29-14-30-24(22)34)17-6-7-20-19(10-17)26(25(35)31-20)8-9-33(13-26)15(2)3/h6-7,10-12,14-15H,5,8-9,13H2,1-4H3,(H,31,35). The predicted octanol–water partition coefficient (Wildman–Crippen LogP) is 3.58. The van der Waals surface area contributed by atoms with Crippen LogP contribution in [0.4, 0.5) is 5.69 Å². The summed E-state index contributed by atoms with van der Waals surface area (Å²) in [5.41, 5.74) is 5.45. The highest BCUT2D eigenvalue weighted by atomic mass is 16.2. The number of aryl methyl sites for hydroxylation is 2. The number of aromatic nitrogens is 6. The summed E-state index contributed by atoms with van der Waals surface area (Å²) in [5.74, 6) is 1.58. The van der Waals surface area contributed by atoms with Crippen LogP contribution in [0.3, 0.4) is 0 Å². The lowest BCUT2D eigenvalue weighted by Crippen LogP contribution is -2.39. The molecule has 3 aromatic heterocycles. The molecule has 2 aliphatic rings.